The van der Waals surface area contributed by atoms with Gasteiger partial charge in [0, 0.05) is 16.5 Å². The van der Waals surface area contributed by atoms with Gasteiger partial charge in [0.05, 0.1) is 18.3 Å². The predicted molar refractivity (Wildman–Crippen MR) is 100 cm³/mol. The monoisotopic (exact) mass is 346 g/mol. The Hall–Kier alpha value is -3.05. The molecule has 25 heavy (non-hydrogen) atoms. The molecule has 0 spiro atoms. The molecular formula is C20H14N2O2S. The molecule has 0 bridgehead atoms. The van der Waals surface area contributed by atoms with Crippen LogP contribution in [0.5, 0.6) is 0 Å². The number of rotatable bonds is 4. The largest absolute Gasteiger partial charge is 0.292 e. The molecule has 2 aromatic heterocycles. The Morgan fingerprint density at radius 1 is 1.00 bits per heavy atom. The van der Waals surface area contributed by atoms with Crippen LogP contribution < -0.4 is 5.56 Å². The van der Waals surface area contributed by atoms with Gasteiger partial charge in [0.2, 0.25) is 0 Å². The number of Topliss-reactive ketones (excluding diaryl/α,β-unsaturated/α-hetero) is 1. The van der Waals surface area contributed by atoms with Crippen molar-refractivity contribution in [3.8, 4) is 11.1 Å². The lowest BCUT2D eigenvalue weighted by Gasteiger charge is -2.06. The average molecular weight is 346 g/mol. The van der Waals surface area contributed by atoms with Gasteiger partial charge in [-0.1, -0.05) is 60.7 Å². The van der Waals surface area contributed by atoms with Crippen LogP contribution in [0.4, 0.5) is 0 Å². The minimum Gasteiger partial charge on any atom is -0.292 e. The van der Waals surface area contributed by atoms with Gasteiger partial charge in [0.25, 0.3) is 5.56 Å². The number of aromatic nitrogens is 2. The molecule has 0 aliphatic carbocycles. The number of carbonyl (C=O) groups is 1. The van der Waals surface area contributed by atoms with Crippen molar-refractivity contribution in [2.45, 2.75) is 6.54 Å². The van der Waals surface area contributed by atoms with Crippen LogP contribution in [0, 0.1) is 0 Å². The van der Waals surface area contributed by atoms with Crippen LogP contribution in [0.15, 0.2) is 77.2 Å². The van der Waals surface area contributed by atoms with Crippen molar-refractivity contribution >= 4 is 27.3 Å². The fraction of sp³-hybridized carbons (Fsp3) is 0.0500. The summed E-state index contributed by atoms with van der Waals surface area (Å²) in [6.45, 7) is -0.0180. The van der Waals surface area contributed by atoms with E-state index < -0.39 is 0 Å². The number of carbonyl (C=O) groups excluding carboxylic acids is 1. The van der Waals surface area contributed by atoms with Crippen molar-refractivity contribution in [1.29, 1.82) is 0 Å². The number of benzene rings is 2. The average Bonchev–Trinajstić information content (AvgIpc) is 3.10. The number of ketones is 1. The van der Waals surface area contributed by atoms with Gasteiger partial charge in [-0.2, -0.15) is 0 Å². The first-order valence-corrected chi connectivity index (χ1v) is 8.72. The smallest absolute Gasteiger partial charge is 0.263 e. The lowest BCUT2D eigenvalue weighted by molar-refractivity contribution is 0.0970. The fourth-order valence-electron chi connectivity index (χ4n) is 2.78. The van der Waals surface area contributed by atoms with Crippen molar-refractivity contribution < 1.29 is 4.79 Å². The van der Waals surface area contributed by atoms with E-state index in [-0.39, 0.29) is 17.9 Å². The SMILES string of the molecule is O=C(Cn1cnc2scc(-c3ccccc3)c2c1=O)c1ccccc1. The highest BCUT2D eigenvalue weighted by molar-refractivity contribution is 7.17. The van der Waals surface area contributed by atoms with Crippen molar-refractivity contribution in [3.05, 3.63) is 88.3 Å². The van der Waals surface area contributed by atoms with Gasteiger partial charge in [-0.05, 0) is 5.56 Å². The molecule has 2 aromatic carbocycles. The molecule has 0 radical (unpaired) electrons. The molecule has 122 valence electrons. The number of nitrogens with zero attached hydrogens (tertiary/aromatic N) is 2. The second-order valence-corrected chi connectivity index (χ2v) is 6.52. The molecule has 5 heteroatoms. The molecule has 0 amide bonds. The molecule has 0 aliphatic rings. The normalized spacial score (nSPS) is 10.9. The van der Waals surface area contributed by atoms with E-state index in [1.165, 1.54) is 22.2 Å². The third-order valence-electron chi connectivity index (χ3n) is 4.06. The number of hydrogen-bond acceptors (Lipinski definition) is 4. The summed E-state index contributed by atoms with van der Waals surface area (Å²) < 4.78 is 1.39. The van der Waals surface area contributed by atoms with Crippen LogP contribution in [-0.2, 0) is 6.54 Å². The lowest BCUT2D eigenvalue weighted by atomic mass is 10.1. The summed E-state index contributed by atoms with van der Waals surface area (Å²) in [7, 11) is 0. The molecule has 4 nitrogen and oxygen atoms in total. The van der Waals surface area contributed by atoms with Gasteiger partial charge in [-0.3, -0.25) is 14.2 Å². The van der Waals surface area contributed by atoms with Gasteiger partial charge in [-0.25, -0.2) is 4.98 Å². The lowest BCUT2D eigenvalue weighted by Crippen LogP contribution is -2.24. The maximum absolute atomic E-state index is 12.9. The predicted octanol–water partition coefficient (Wildman–Crippen LogP) is 4.01. The number of fused-ring (bicyclic) bond motifs is 1. The fourth-order valence-corrected chi connectivity index (χ4v) is 3.69. The first kappa shape index (κ1) is 15.5. The molecule has 0 fully saturated rings. The van der Waals surface area contributed by atoms with E-state index in [9.17, 15) is 9.59 Å². The Bertz CT molecular complexity index is 1100. The third-order valence-corrected chi connectivity index (χ3v) is 4.94. The molecule has 0 N–H and O–H groups in total. The van der Waals surface area contributed by atoms with E-state index in [4.69, 9.17) is 0 Å². The number of thiophene rings is 1. The van der Waals surface area contributed by atoms with Crippen LogP contribution in [0.1, 0.15) is 10.4 Å². The highest BCUT2D eigenvalue weighted by atomic mass is 32.1. The first-order chi connectivity index (χ1) is 12.2. The zero-order valence-corrected chi connectivity index (χ0v) is 14.1. The van der Waals surface area contributed by atoms with E-state index in [0.29, 0.717) is 15.8 Å². The zero-order chi connectivity index (χ0) is 17.2. The van der Waals surface area contributed by atoms with Crippen molar-refractivity contribution in [1.82, 2.24) is 9.55 Å². The van der Waals surface area contributed by atoms with Crippen LogP contribution in [-0.4, -0.2) is 15.3 Å². The van der Waals surface area contributed by atoms with Crippen molar-refractivity contribution in [2.24, 2.45) is 0 Å². The second kappa shape index (κ2) is 6.45. The minimum absolute atomic E-state index is 0.0180. The molecule has 4 aromatic rings. The van der Waals surface area contributed by atoms with E-state index in [0.717, 1.165) is 11.1 Å². The highest BCUT2D eigenvalue weighted by Crippen LogP contribution is 2.30. The van der Waals surface area contributed by atoms with E-state index in [2.05, 4.69) is 4.98 Å². The molecule has 0 aliphatic heterocycles. The van der Waals surface area contributed by atoms with Gasteiger partial charge >= 0.3 is 0 Å². The molecule has 4 rings (SSSR count). The zero-order valence-electron chi connectivity index (χ0n) is 13.3. The van der Waals surface area contributed by atoms with E-state index >= 15 is 0 Å². The summed E-state index contributed by atoms with van der Waals surface area (Å²) in [5.74, 6) is -0.111. The first-order valence-electron chi connectivity index (χ1n) is 7.84. The molecule has 0 saturated heterocycles. The van der Waals surface area contributed by atoms with E-state index in [1.54, 1.807) is 12.1 Å². The Morgan fingerprint density at radius 3 is 2.40 bits per heavy atom. The van der Waals surface area contributed by atoms with Crippen molar-refractivity contribution in [3.63, 3.8) is 0 Å². The topological polar surface area (TPSA) is 52.0 Å². The third kappa shape index (κ3) is 2.90. The number of hydrogen-bond donors (Lipinski definition) is 0. The summed E-state index contributed by atoms with van der Waals surface area (Å²) in [6, 6.07) is 18.7. The minimum atomic E-state index is -0.186. The Balaban J connectivity index is 1.78. The Labute approximate surface area is 148 Å². The second-order valence-electron chi connectivity index (χ2n) is 5.66. The molecular weight excluding hydrogens is 332 g/mol. The van der Waals surface area contributed by atoms with Gasteiger partial charge in [0.1, 0.15) is 4.83 Å². The van der Waals surface area contributed by atoms with E-state index in [1.807, 2.05) is 53.9 Å². The Kier molecular flexibility index (Phi) is 3.99. The summed E-state index contributed by atoms with van der Waals surface area (Å²) in [5, 5.41) is 2.51. The summed E-state index contributed by atoms with van der Waals surface area (Å²) in [6.07, 6.45) is 1.46. The summed E-state index contributed by atoms with van der Waals surface area (Å²) in [5.41, 5.74) is 2.23. The summed E-state index contributed by atoms with van der Waals surface area (Å²) in [4.78, 5) is 30.4. The molecule has 0 unspecified atom stereocenters. The van der Waals surface area contributed by atoms with Crippen LogP contribution in [0.3, 0.4) is 0 Å². The maximum Gasteiger partial charge on any atom is 0.263 e. The van der Waals surface area contributed by atoms with Crippen molar-refractivity contribution in [2.75, 3.05) is 0 Å². The Morgan fingerprint density at radius 2 is 1.68 bits per heavy atom. The van der Waals surface area contributed by atoms with Crippen LogP contribution in [0.25, 0.3) is 21.3 Å². The van der Waals surface area contributed by atoms with Gasteiger partial charge in [0.15, 0.2) is 5.78 Å². The molecule has 0 atom stereocenters. The van der Waals surface area contributed by atoms with Crippen LogP contribution >= 0.6 is 11.3 Å². The quantitative estimate of drug-likeness (QED) is 0.525. The van der Waals surface area contributed by atoms with Gasteiger partial charge < -0.3 is 0 Å². The molecule has 2 heterocycles. The summed E-state index contributed by atoms with van der Waals surface area (Å²) >= 11 is 1.44. The highest BCUT2D eigenvalue weighted by Gasteiger charge is 2.15. The maximum atomic E-state index is 12.9. The van der Waals surface area contributed by atoms with Crippen LogP contribution in [0.2, 0.25) is 0 Å². The molecule has 0 saturated carbocycles. The standard InChI is InChI=1S/C20H14N2O2S/c23-17(15-9-5-2-6-10-15)11-22-13-21-19-18(20(22)24)16(12-25-19)14-7-3-1-4-8-14/h1-10,12-13H,11H2. The van der Waals surface area contributed by atoms with Gasteiger partial charge in [-0.15, -0.1) is 11.3 Å².